The van der Waals surface area contributed by atoms with Gasteiger partial charge in [-0.3, -0.25) is 4.98 Å². The third kappa shape index (κ3) is 1.71. The van der Waals surface area contributed by atoms with Gasteiger partial charge in [-0.15, -0.1) is 0 Å². The molecule has 0 bridgehead atoms. The molecule has 2 aromatic rings. The number of hydrogen-bond acceptors (Lipinski definition) is 2. The van der Waals surface area contributed by atoms with E-state index in [0.29, 0.717) is 10.0 Å². The van der Waals surface area contributed by atoms with Crippen molar-refractivity contribution in [3.8, 4) is 0 Å². The van der Waals surface area contributed by atoms with Gasteiger partial charge in [0.2, 0.25) is 0 Å². The fourth-order valence-corrected chi connectivity index (χ4v) is 3.10. The molecule has 0 aliphatic heterocycles. The molecule has 1 heterocycles. The fraction of sp³-hybridized carbons (Fsp3) is 0.308. The van der Waals surface area contributed by atoms with Crippen LogP contribution in [0.2, 0.25) is 10.0 Å². The summed E-state index contributed by atoms with van der Waals surface area (Å²) in [5.74, 6) is 0. The summed E-state index contributed by atoms with van der Waals surface area (Å²) in [6.07, 6.45) is 3.05. The molecule has 1 N–H and O–H groups in total. The molecule has 0 fully saturated rings. The molecule has 17 heavy (non-hydrogen) atoms. The Bertz CT molecular complexity index is 610. The van der Waals surface area contributed by atoms with Crippen molar-refractivity contribution in [2.45, 2.75) is 25.9 Å². The number of rotatable bonds is 1. The van der Waals surface area contributed by atoms with Crippen LogP contribution in [0.3, 0.4) is 0 Å². The van der Waals surface area contributed by atoms with Crippen molar-refractivity contribution in [1.29, 1.82) is 0 Å². The van der Waals surface area contributed by atoms with Crippen molar-refractivity contribution in [3.63, 3.8) is 0 Å². The molecule has 0 saturated heterocycles. The van der Waals surface area contributed by atoms with Crippen molar-refractivity contribution >= 4 is 34.1 Å². The SMILES string of the molecule is OCc1c2c(nc3c(Cl)cc(Cl)cc13)CCC2. The van der Waals surface area contributed by atoms with Crippen LogP contribution in [0.25, 0.3) is 10.9 Å². The van der Waals surface area contributed by atoms with Crippen LogP contribution < -0.4 is 0 Å². The second kappa shape index (κ2) is 4.13. The van der Waals surface area contributed by atoms with Crippen molar-refractivity contribution in [2.24, 2.45) is 0 Å². The molecule has 0 amide bonds. The maximum Gasteiger partial charge on any atom is 0.0896 e. The summed E-state index contributed by atoms with van der Waals surface area (Å²) in [5, 5.41) is 11.6. The number of aliphatic hydroxyl groups is 1. The predicted octanol–water partition coefficient (Wildman–Crippen LogP) is 3.52. The fourth-order valence-electron chi connectivity index (χ4n) is 2.56. The van der Waals surface area contributed by atoms with Crippen molar-refractivity contribution in [2.75, 3.05) is 0 Å². The first kappa shape index (κ1) is 11.3. The first-order chi connectivity index (χ1) is 8.20. The molecule has 0 atom stereocenters. The smallest absolute Gasteiger partial charge is 0.0896 e. The number of aliphatic hydroxyl groups excluding tert-OH is 1. The molecule has 0 unspecified atom stereocenters. The number of hydrogen-bond donors (Lipinski definition) is 1. The number of aryl methyl sites for hydroxylation is 1. The van der Waals surface area contributed by atoms with Crippen LogP contribution in [0.1, 0.15) is 23.2 Å². The lowest BCUT2D eigenvalue weighted by Gasteiger charge is -2.11. The zero-order valence-corrected chi connectivity index (χ0v) is 10.6. The number of nitrogens with zero attached hydrogens (tertiary/aromatic N) is 1. The van der Waals surface area contributed by atoms with E-state index in [4.69, 9.17) is 23.2 Å². The van der Waals surface area contributed by atoms with Gasteiger partial charge in [0.1, 0.15) is 0 Å². The lowest BCUT2D eigenvalue weighted by molar-refractivity contribution is 0.282. The van der Waals surface area contributed by atoms with Gasteiger partial charge < -0.3 is 5.11 Å². The Morgan fingerprint density at radius 1 is 1.24 bits per heavy atom. The van der Waals surface area contributed by atoms with E-state index >= 15 is 0 Å². The lowest BCUT2D eigenvalue weighted by atomic mass is 10.0. The highest BCUT2D eigenvalue weighted by molar-refractivity contribution is 6.38. The zero-order chi connectivity index (χ0) is 12.0. The summed E-state index contributed by atoms with van der Waals surface area (Å²) < 4.78 is 0. The third-order valence-corrected chi connectivity index (χ3v) is 3.82. The molecule has 1 aliphatic rings. The van der Waals surface area contributed by atoms with Crippen LogP contribution in [0.15, 0.2) is 12.1 Å². The average molecular weight is 268 g/mol. The highest BCUT2D eigenvalue weighted by Crippen LogP contribution is 2.34. The number of aromatic nitrogens is 1. The predicted molar refractivity (Wildman–Crippen MR) is 69.7 cm³/mol. The molecule has 3 rings (SSSR count). The molecule has 0 saturated carbocycles. The van der Waals surface area contributed by atoms with E-state index in [0.717, 1.165) is 41.4 Å². The number of fused-ring (bicyclic) bond motifs is 2. The van der Waals surface area contributed by atoms with Gasteiger partial charge >= 0.3 is 0 Å². The van der Waals surface area contributed by atoms with E-state index in [1.807, 2.05) is 6.07 Å². The topological polar surface area (TPSA) is 33.1 Å². The standard InChI is InChI=1S/C13H11Cl2NO/c14-7-4-9-10(6-17)8-2-1-3-12(8)16-13(9)11(15)5-7/h4-5,17H,1-3,6H2. The van der Waals surface area contributed by atoms with Gasteiger partial charge in [-0.2, -0.15) is 0 Å². The summed E-state index contributed by atoms with van der Waals surface area (Å²) in [4.78, 5) is 4.60. The molecule has 0 radical (unpaired) electrons. The van der Waals surface area contributed by atoms with E-state index < -0.39 is 0 Å². The number of benzene rings is 1. The third-order valence-electron chi connectivity index (χ3n) is 3.31. The maximum absolute atomic E-state index is 9.57. The minimum absolute atomic E-state index is 0.0119. The molecule has 1 aliphatic carbocycles. The summed E-state index contributed by atoms with van der Waals surface area (Å²) >= 11 is 12.2. The quantitative estimate of drug-likeness (QED) is 0.858. The van der Waals surface area contributed by atoms with Crippen molar-refractivity contribution in [1.82, 2.24) is 4.98 Å². The van der Waals surface area contributed by atoms with Crippen LogP contribution in [-0.2, 0) is 19.4 Å². The average Bonchev–Trinajstić information content (AvgIpc) is 2.74. The first-order valence-electron chi connectivity index (χ1n) is 5.61. The van der Waals surface area contributed by atoms with Gasteiger partial charge in [0, 0.05) is 16.1 Å². The minimum Gasteiger partial charge on any atom is -0.392 e. The van der Waals surface area contributed by atoms with Gasteiger partial charge in [-0.25, -0.2) is 0 Å². The Morgan fingerprint density at radius 2 is 2.06 bits per heavy atom. The molecule has 88 valence electrons. The van der Waals surface area contributed by atoms with Crippen LogP contribution in [0.4, 0.5) is 0 Å². The largest absolute Gasteiger partial charge is 0.392 e. The molecule has 1 aromatic heterocycles. The van der Waals surface area contributed by atoms with Crippen molar-refractivity contribution < 1.29 is 5.11 Å². The maximum atomic E-state index is 9.57. The molecular formula is C13H11Cl2NO. The second-order valence-electron chi connectivity index (χ2n) is 4.31. The highest BCUT2D eigenvalue weighted by Gasteiger charge is 2.20. The Balaban J connectivity index is 2.45. The van der Waals surface area contributed by atoms with Gasteiger partial charge in [0.05, 0.1) is 17.1 Å². The van der Waals surface area contributed by atoms with Crippen LogP contribution >= 0.6 is 23.2 Å². The van der Waals surface area contributed by atoms with E-state index in [9.17, 15) is 5.11 Å². The van der Waals surface area contributed by atoms with Gasteiger partial charge in [0.15, 0.2) is 0 Å². The summed E-state index contributed by atoms with van der Waals surface area (Å²) in [6.45, 7) is 0.0119. The van der Waals surface area contributed by atoms with Gasteiger partial charge in [-0.1, -0.05) is 23.2 Å². The van der Waals surface area contributed by atoms with E-state index in [1.54, 1.807) is 6.07 Å². The normalized spacial score (nSPS) is 14.3. The molecule has 4 heteroatoms. The Labute approximate surface area is 109 Å². The monoisotopic (exact) mass is 267 g/mol. The summed E-state index contributed by atoms with van der Waals surface area (Å²) in [5.41, 5.74) is 3.94. The molecule has 0 spiro atoms. The minimum atomic E-state index is 0.0119. The van der Waals surface area contributed by atoms with Crippen LogP contribution in [0.5, 0.6) is 0 Å². The van der Waals surface area contributed by atoms with Crippen LogP contribution in [0, 0.1) is 0 Å². The summed E-state index contributed by atoms with van der Waals surface area (Å²) in [6, 6.07) is 3.53. The lowest BCUT2D eigenvalue weighted by Crippen LogP contribution is -1.99. The molecule has 2 nitrogen and oxygen atoms in total. The van der Waals surface area contributed by atoms with E-state index in [1.165, 1.54) is 5.56 Å². The van der Waals surface area contributed by atoms with E-state index in [-0.39, 0.29) is 6.61 Å². The Hall–Kier alpha value is -0.830. The highest BCUT2D eigenvalue weighted by atomic mass is 35.5. The number of pyridine rings is 1. The van der Waals surface area contributed by atoms with Crippen molar-refractivity contribution in [3.05, 3.63) is 39.0 Å². The zero-order valence-electron chi connectivity index (χ0n) is 9.13. The molecular weight excluding hydrogens is 257 g/mol. The van der Waals surface area contributed by atoms with Gasteiger partial charge in [-0.05, 0) is 42.5 Å². The molecule has 1 aromatic carbocycles. The van der Waals surface area contributed by atoms with Crippen LogP contribution in [-0.4, -0.2) is 10.1 Å². The Kier molecular flexibility index (Phi) is 2.74. The first-order valence-corrected chi connectivity index (χ1v) is 6.36. The van der Waals surface area contributed by atoms with E-state index in [2.05, 4.69) is 4.98 Å². The van der Waals surface area contributed by atoms with Gasteiger partial charge in [0.25, 0.3) is 0 Å². The summed E-state index contributed by atoms with van der Waals surface area (Å²) in [7, 11) is 0. The Morgan fingerprint density at radius 3 is 2.82 bits per heavy atom. The second-order valence-corrected chi connectivity index (χ2v) is 5.15. The number of halogens is 2.